The lowest BCUT2D eigenvalue weighted by atomic mass is 10.1. The van der Waals surface area contributed by atoms with Gasteiger partial charge in [0.2, 0.25) is 0 Å². The molecule has 0 bridgehead atoms. The highest BCUT2D eigenvalue weighted by Gasteiger charge is 2.01. The molecule has 4 heteroatoms. The topological polar surface area (TPSA) is 71.2 Å². The molecule has 0 atom stereocenters. The molecule has 0 radical (unpaired) electrons. The highest BCUT2D eigenvalue weighted by molar-refractivity contribution is 6.09. The summed E-state index contributed by atoms with van der Waals surface area (Å²) in [5, 5.41) is 0. The molecule has 1 heterocycles. The number of H-pyrrole nitrogens is 1. The summed E-state index contributed by atoms with van der Waals surface area (Å²) in [5.41, 5.74) is 6.33. The number of hydrogen-bond acceptors (Lipinski definition) is 3. The van der Waals surface area contributed by atoms with E-state index in [2.05, 4.69) is 9.98 Å². The van der Waals surface area contributed by atoms with Gasteiger partial charge in [0.25, 0.3) is 5.56 Å². The zero-order chi connectivity index (χ0) is 9.68. The highest BCUT2D eigenvalue weighted by Crippen LogP contribution is 2.03. The third kappa shape index (κ3) is 2.05. The van der Waals surface area contributed by atoms with Gasteiger partial charge in [0.15, 0.2) is 0 Å². The third-order valence-corrected chi connectivity index (χ3v) is 1.58. The molecule has 0 saturated heterocycles. The molecule has 3 N–H and O–H groups in total. The number of pyridine rings is 1. The lowest BCUT2D eigenvalue weighted by Crippen LogP contribution is -2.11. The SMILES string of the molecule is CN=C/C(=C\N)c1ccc[nH]c1=O. The van der Waals surface area contributed by atoms with Crippen molar-refractivity contribution < 1.29 is 0 Å². The van der Waals surface area contributed by atoms with Crippen molar-refractivity contribution in [1.82, 2.24) is 4.98 Å². The maximum atomic E-state index is 11.3. The Morgan fingerprint density at radius 2 is 2.46 bits per heavy atom. The summed E-state index contributed by atoms with van der Waals surface area (Å²) in [7, 11) is 1.63. The van der Waals surface area contributed by atoms with Crippen LogP contribution < -0.4 is 11.3 Å². The zero-order valence-corrected chi connectivity index (χ0v) is 7.32. The number of rotatable bonds is 2. The molecule has 0 unspecified atom stereocenters. The minimum atomic E-state index is -0.167. The molecule has 0 fully saturated rings. The number of nitrogens with zero attached hydrogens (tertiary/aromatic N) is 1. The van der Waals surface area contributed by atoms with Crippen molar-refractivity contribution in [2.75, 3.05) is 7.05 Å². The van der Waals surface area contributed by atoms with Crippen molar-refractivity contribution in [3.8, 4) is 0 Å². The van der Waals surface area contributed by atoms with Crippen LogP contribution in [0.25, 0.3) is 5.57 Å². The maximum absolute atomic E-state index is 11.3. The first kappa shape index (κ1) is 9.25. The second-order valence-electron chi connectivity index (χ2n) is 2.42. The highest BCUT2D eigenvalue weighted by atomic mass is 16.1. The van der Waals surface area contributed by atoms with Gasteiger partial charge in [-0.1, -0.05) is 0 Å². The van der Waals surface area contributed by atoms with Crippen molar-refractivity contribution in [2.24, 2.45) is 10.7 Å². The molecule has 0 aliphatic rings. The Morgan fingerprint density at radius 3 is 3.00 bits per heavy atom. The van der Waals surface area contributed by atoms with E-state index in [0.29, 0.717) is 11.1 Å². The third-order valence-electron chi connectivity index (χ3n) is 1.58. The van der Waals surface area contributed by atoms with Crippen LogP contribution in [0.5, 0.6) is 0 Å². The molecular weight excluding hydrogens is 166 g/mol. The van der Waals surface area contributed by atoms with Crippen LogP contribution in [0.15, 0.2) is 34.3 Å². The predicted molar refractivity (Wildman–Crippen MR) is 53.6 cm³/mol. The Morgan fingerprint density at radius 1 is 1.69 bits per heavy atom. The fourth-order valence-electron chi connectivity index (χ4n) is 0.990. The molecule has 13 heavy (non-hydrogen) atoms. The molecule has 1 aromatic rings. The quantitative estimate of drug-likeness (QED) is 0.641. The second kappa shape index (κ2) is 4.25. The van der Waals surface area contributed by atoms with Crippen LogP contribution in [0.2, 0.25) is 0 Å². The van der Waals surface area contributed by atoms with E-state index < -0.39 is 0 Å². The average molecular weight is 177 g/mol. The van der Waals surface area contributed by atoms with Crippen LogP contribution in [0.4, 0.5) is 0 Å². The molecule has 68 valence electrons. The number of aliphatic imine (C=N–C) groups is 1. The molecule has 0 amide bonds. The van der Waals surface area contributed by atoms with Crippen LogP contribution >= 0.6 is 0 Å². The van der Waals surface area contributed by atoms with Crippen LogP contribution in [-0.4, -0.2) is 18.2 Å². The average Bonchev–Trinajstić information content (AvgIpc) is 2.16. The van der Waals surface area contributed by atoms with Gasteiger partial charge >= 0.3 is 0 Å². The monoisotopic (exact) mass is 177 g/mol. The predicted octanol–water partition coefficient (Wildman–Crippen LogP) is 0.375. The Kier molecular flexibility index (Phi) is 3.03. The van der Waals surface area contributed by atoms with E-state index in [1.807, 2.05) is 0 Å². The largest absolute Gasteiger partial charge is 0.404 e. The Balaban J connectivity index is 3.21. The Labute approximate surface area is 75.8 Å². The molecule has 0 aliphatic heterocycles. The molecule has 0 aliphatic carbocycles. The number of allylic oxidation sites excluding steroid dienone is 1. The van der Waals surface area contributed by atoms with Gasteiger partial charge in [-0.05, 0) is 12.1 Å². The smallest absolute Gasteiger partial charge is 0.255 e. The first-order valence-electron chi connectivity index (χ1n) is 3.81. The number of nitrogens with one attached hydrogen (secondary N) is 1. The van der Waals surface area contributed by atoms with E-state index in [4.69, 9.17) is 5.73 Å². The summed E-state index contributed by atoms with van der Waals surface area (Å²) in [6, 6.07) is 3.43. The molecular formula is C9H11N3O. The summed E-state index contributed by atoms with van der Waals surface area (Å²) in [6.45, 7) is 0. The van der Waals surface area contributed by atoms with Crippen molar-refractivity contribution in [3.63, 3.8) is 0 Å². The second-order valence-corrected chi connectivity index (χ2v) is 2.42. The van der Waals surface area contributed by atoms with Crippen LogP contribution in [-0.2, 0) is 0 Å². The standard InChI is InChI=1S/C9H11N3O/c1-11-6-7(5-10)8-3-2-4-12-9(8)13/h2-6H,10H2,1H3,(H,12,13)/b7-5+,11-6?. The summed E-state index contributed by atoms with van der Waals surface area (Å²) in [5.74, 6) is 0. The number of aromatic nitrogens is 1. The molecule has 4 nitrogen and oxygen atoms in total. The number of hydrogen-bond donors (Lipinski definition) is 2. The van der Waals surface area contributed by atoms with Gasteiger partial charge in [0, 0.05) is 36.8 Å². The van der Waals surface area contributed by atoms with Crippen molar-refractivity contribution in [2.45, 2.75) is 0 Å². The molecule has 0 saturated carbocycles. The fourth-order valence-corrected chi connectivity index (χ4v) is 0.990. The van der Waals surface area contributed by atoms with Gasteiger partial charge in [-0.2, -0.15) is 0 Å². The summed E-state index contributed by atoms with van der Waals surface area (Å²) in [6.07, 6.45) is 4.48. The van der Waals surface area contributed by atoms with Gasteiger partial charge in [-0.3, -0.25) is 9.79 Å². The van der Waals surface area contributed by atoms with E-state index in [9.17, 15) is 4.79 Å². The molecule has 0 spiro atoms. The van der Waals surface area contributed by atoms with E-state index >= 15 is 0 Å². The Hall–Kier alpha value is -1.84. The first-order valence-corrected chi connectivity index (χ1v) is 3.81. The minimum Gasteiger partial charge on any atom is -0.404 e. The number of nitrogens with two attached hydrogens (primary N) is 1. The van der Waals surface area contributed by atoms with Crippen LogP contribution in [0.1, 0.15) is 5.56 Å². The molecule has 1 rings (SSSR count). The lowest BCUT2D eigenvalue weighted by molar-refractivity contribution is 1.22. The van der Waals surface area contributed by atoms with Gasteiger partial charge < -0.3 is 10.7 Å². The van der Waals surface area contributed by atoms with Crippen LogP contribution in [0.3, 0.4) is 0 Å². The summed E-state index contributed by atoms with van der Waals surface area (Å²) in [4.78, 5) is 17.6. The zero-order valence-electron chi connectivity index (χ0n) is 7.32. The first-order chi connectivity index (χ1) is 6.29. The maximum Gasteiger partial charge on any atom is 0.255 e. The van der Waals surface area contributed by atoms with Gasteiger partial charge in [0.1, 0.15) is 0 Å². The number of aromatic amines is 1. The minimum absolute atomic E-state index is 0.167. The molecule has 1 aromatic heterocycles. The van der Waals surface area contributed by atoms with Crippen molar-refractivity contribution in [3.05, 3.63) is 40.4 Å². The Bertz CT molecular complexity index is 390. The van der Waals surface area contributed by atoms with E-state index in [1.165, 1.54) is 6.20 Å². The molecule has 0 aromatic carbocycles. The normalized spacial score (nSPS) is 12.2. The van der Waals surface area contributed by atoms with Crippen LogP contribution in [0, 0.1) is 0 Å². The lowest BCUT2D eigenvalue weighted by Gasteiger charge is -1.97. The van der Waals surface area contributed by atoms with Gasteiger partial charge in [0.05, 0.1) is 0 Å². The fraction of sp³-hybridized carbons (Fsp3) is 0.111. The van der Waals surface area contributed by atoms with E-state index in [1.54, 1.807) is 31.6 Å². The summed E-state index contributed by atoms with van der Waals surface area (Å²) < 4.78 is 0. The van der Waals surface area contributed by atoms with Crippen molar-refractivity contribution >= 4 is 11.8 Å². The summed E-state index contributed by atoms with van der Waals surface area (Å²) >= 11 is 0. The van der Waals surface area contributed by atoms with E-state index in [-0.39, 0.29) is 5.56 Å². The van der Waals surface area contributed by atoms with Crippen molar-refractivity contribution in [1.29, 1.82) is 0 Å². The van der Waals surface area contributed by atoms with E-state index in [0.717, 1.165) is 0 Å². The van der Waals surface area contributed by atoms with Gasteiger partial charge in [-0.25, -0.2) is 0 Å². The van der Waals surface area contributed by atoms with Gasteiger partial charge in [-0.15, -0.1) is 0 Å².